The van der Waals surface area contributed by atoms with E-state index in [2.05, 4.69) is 4.98 Å². The van der Waals surface area contributed by atoms with E-state index in [1.54, 1.807) is 11.0 Å². The lowest BCUT2D eigenvalue weighted by atomic mass is 10.0. The molecule has 1 aliphatic rings. The van der Waals surface area contributed by atoms with Crippen molar-refractivity contribution < 1.29 is 9.90 Å². The zero-order valence-electron chi connectivity index (χ0n) is 9.07. The number of aliphatic hydroxyl groups excluding tert-OH is 1. The molecule has 0 spiro atoms. The van der Waals surface area contributed by atoms with Crippen molar-refractivity contribution in [2.24, 2.45) is 0 Å². The van der Waals surface area contributed by atoms with Gasteiger partial charge in [-0.1, -0.05) is 23.2 Å². The lowest BCUT2D eigenvalue weighted by Crippen LogP contribution is -2.22. The maximum Gasteiger partial charge on any atom is 0.210 e. The number of hydrogen-bond donors (Lipinski definition) is 1. The van der Waals surface area contributed by atoms with Crippen LogP contribution >= 0.6 is 23.2 Å². The van der Waals surface area contributed by atoms with E-state index in [4.69, 9.17) is 23.2 Å². The van der Waals surface area contributed by atoms with Crippen molar-refractivity contribution in [2.45, 2.75) is 25.5 Å². The summed E-state index contributed by atoms with van der Waals surface area (Å²) in [6.45, 7) is 0.512. The van der Waals surface area contributed by atoms with E-state index in [1.165, 1.54) is 0 Å². The van der Waals surface area contributed by atoms with Gasteiger partial charge in [-0.2, -0.15) is 0 Å². The van der Waals surface area contributed by atoms with Crippen LogP contribution in [-0.2, 0) is 11.4 Å². The molecule has 92 valence electrons. The lowest BCUT2D eigenvalue weighted by Gasteiger charge is -2.23. The zero-order valence-corrected chi connectivity index (χ0v) is 10.6. The minimum Gasteiger partial charge on any atom is -0.392 e. The molecule has 1 aromatic rings. The highest BCUT2D eigenvalue weighted by atomic mass is 35.5. The Morgan fingerprint density at radius 2 is 2.35 bits per heavy atom. The summed E-state index contributed by atoms with van der Waals surface area (Å²) in [5.41, 5.74) is 1.34. The molecule has 2 heterocycles. The van der Waals surface area contributed by atoms with Crippen LogP contribution in [0.15, 0.2) is 6.07 Å². The van der Waals surface area contributed by atoms with Gasteiger partial charge in [0.15, 0.2) is 0 Å². The van der Waals surface area contributed by atoms with Crippen LogP contribution in [-0.4, -0.2) is 27.9 Å². The third-order valence-corrected chi connectivity index (χ3v) is 3.53. The highest BCUT2D eigenvalue weighted by molar-refractivity contribution is 6.33. The van der Waals surface area contributed by atoms with Crippen LogP contribution < -0.4 is 0 Å². The molecule has 0 bridgehead atoms. The highest BCUT2D eigenvalue weighted by Crippen LogP contribution is 2.35. The van der Waals surface area contributed by atoms with Crippen LogP contribution in [0.3, 0.4) is 0 Å². The molecule has 0 aliphatic carbocycles. The molecule has 1 atom stereocenters. The zero-order chi connectivity index (χ0) is 12.4. The summed E-state index contributed by atoms with van der Waals surface area (Å²) < 4.78 is 0. The van der Waals surface area contributed by atoms with E-state index in [0.29, 0.717) is 5.56 Å². The van der Waals surface area contributed by atoms with Crippen LogP contribution in [0.1, 0.15) is 30.0 Å². The fourth-order valence-corrected chi connectivity index (χ4v) is 2.74. The van der Waals surface area contributed by atoms with Gasteiger partial charge in [-0.15, -0.1) is 0 Å². The Bertz CT molecular complexity index is 440. The Hall–Kier alpha value is -0.840. The number of rotatable bonds is 3. The van der Waals surface area contributed by atoms with Crippen molar-refractivity contribution in [3.05, 3.63) is 27.5 Å². The van der Waals surface area contributed by atoms with E-state index in [-0.39, 0.29) is 23.0 Å². The Kier molecular flexibility index (Phi) is 3.86. The van der Waals surface area contributed by atoms with E-state index in [0.717, 1.165) is 31.4 Å². The highest BCUT2D eigenvalue weighted by Gasteiger charge is 2.28. The van der Waals surface area contributed by atoms with Crippen LogP contribution in [0.25, 0.3) is 0 Å². The number of nitrogens with zero attached hydrogens (tertiary/aromatic N) is 2. The number of hydrogen-bond acceptors (Lipinski definition) is 3. The predicted octanol–water partition coefficient (Wildman–Crippen LogP) is 2.17. The maximum atomic E-state index is 10.9. The van der Waals surface area contributed by atoms with E-state index < -0.39 is 0 Å². The fourth-order valence-electron chi connectivity index (χ4n) is 2.23. The smallest absolute Gasteiger partial charge is 0.210 e. The molecule has 1 unspecified atom stereocenters. The number of likely N-dealkylation sites (tertiary alicyclic amines) is 1. The summed E-state index contributed by atoms with van der Waals surface area (Å²) in [6, 6.07) is 1.61. The first-order valence-corrected chi connectivity index (χ1v) is 6.09. The van der Waals surface area contributed by atoms with Gasteiger partial charge < -0.3 is 10.0 Å². The van der Waals surface area contributed by atoms with Gasteiger partial charge in [-0.05, 0) is 24.5 Å². The molecule has 1 saturated heterocycles. The second kappa shape index (κ2) is 5.21. The Labute approximate surface area is 109 Å². The minimum absolute atomic E-state index is 0.0624. The molecule has 1 fully saturated rings. The first kappa shape index (κ1) is 12.6. The van der Waals surface area contributed by atoms with Crippen molar-refractivity contribution in [1.82, 2.24) is 9.88 Å². The molecule has 2 rings (SSSR count). The number of carbonyl (C=O) groups is 1. The number of aromatic nitrogens is 1. The first-order chi connectivity index (χ1) is 8.17. The van der Waals surface area contributed by atoms with E-state index in [1.807, 2.05) is 0 Å². The maximum absolute atomic E-state index is 10.9. The molecule has 1 amide bonds. The molecule has 4 nitrogen and oxygen atoms in total. The Morgan fingerprint density at radius 3 is 3.00 bits per heavy atom. The topological polar surface area (TPSA) is 53.4 Å². The summed E-state index contributed by atoms with van der Waals surface area (Å²) in [4.78, 5) is 16.5. The van der Waals surface area contributed by atoms with Gasteiger partial charge in [-0.25, -0.2) is 4.98 Å². The second-order valence-corrected chi connectivity index (χ2v) is 4.71. The number of carbonyl (C=O) groups excluding carboxylic acids is 1. The van der Waals surface area contributed by atoms with Crippen molar-refractivity contribution in [3.63, 3.8) is 0 Å². The SMILES string of the molecule is O=CN1CCCC1c1cc(Cl)nc(Cl)c1CO. The van der Waals surface area contributed by atoms with Gasteiger partial charge >= 0.3 is 0 Å². The molecule has 1 N–H and O–H groups in total. The predicted molar refractivity (Wildman–Crippen MR) is 64.9 cm³/mol. The molecular formula is C11H12Cl2N2O2. The molecule has 0 aromatic carbocycles. The van der Waals surface area contributed by atoms with E-state index >= 15 is 0 Å². The molecule has 6 heteroatoms. The molecule has 0 saturated carbocycles. The average Bonchev–Trinajstić information content (AvgIpc) is 2.75. The molecule has 1 aliphatic heterocycles. The normalized spacial score (nSPS) is 19.7. The minimum atomic E-state index is -0.207. The Balaban J connectivity index is 2.46. The van der Waals surface area contributed by atoms with Gasteiger partial charge in [0.2, 0.25) is 6.41 Å². The Morgan fingerprint density at radius 1 is 1.59 bits per heavy atom. The van der Waals surface area contributed by atoms with Crippen LogP contribution in [0.5, 0.6) is 0 Å². The lowest BCUT2D eigenvalue weighted by molar-refractivity contribution is -0.118. The van der Waals surface area contributed by atoms with Crippen molar-refractivity contribution in [1.29, 1.82) is 0 Å². The van der Waals surface area contributed by atoms with Crippen LogP contribution in [0.4, 0.5) is 0 Å². The monoisotopic (exact) mass is 274 g/mol. The number of halogens is 2. The number of aliphatic hydroxyl groups is 1. The molecule has 0 radical (unpaired) electrons. The van der Waals surface area contributed by atoms with Gasteiger partial charge in [0, 0.05) is 12.1 Å². The van der Waals surface area contributed by atoms with E-state index in [9.17, 15) is 9.90 Å². The number of pyridine rings is 1. The van der Waals surface area contributed by atoms with Crippen molar-refractivity contribution in [2.75, 3.05) is 6.54 Å². The van der Waals surface area contributed by atoms with Crippen LogP contribution in [0, 0.1) is 0 Å². The average molecular weight is 275 g/mol. The van der Waals surface area contributed by atoms with Gasteiger partial charge in [0.05, 0.1) is 12.6 Å². The van der Waals surface area contributed by atoms with Crippen molar-refractivity contribution >= 4 is 29.6 Å². The van der Waals surface area contributed by atoms with Crippen molar-refractivity contribution in [3.8, 4) is 0 Å². The quantitative estimate of drug-likeness (QED) is 0.679. The standard InChI is InChI=1S/C11H12Cl2N2O2/c12-10-4-7(8(5-16)11(13)14-10)9-2-1-3-15(9)6-17/h4,6,9,16H,1-3,5H2. The largest absolute Gasteiger partial charge is 0.392 e. The summed E-state index contributed by atoms with van der Waals surface area (Å²) >= 11 is 11.8. The van der Waals surface area contributed by atoms with Crippen LogP contribution in [0.2, 0.25) is 10.3 Å². The second-order valence-electron chi connectivity index (χ2n) is 3.96. The summed E-state index contributed by atoms with van der Waals surface area (Å²) in [5.74, 6) is 0. The number of amides is 1. The fraction of sp³-hybridized carbons (Fsp3) is 0.455. The van der Waals surface area contributed by atoms with Gasteiger partial charge in [0.1, 0.15) is 10.3 Å². The summed E-state index contributed by atoms with van der Waals surface area (Å²) in [6.07, 6.45) is 2.61. The van der Waals surface area contributed by atoms with Gasteiger partial charge in [0.25, 0.3) is 0 Å². The third-order valence-electron chi connectivity index (χ3n) is 3.02. The molecule has 17 heavy (non-hydrogen) atoms. The summed E-state index contributed by atoms with van der Waals surface area (Å²) in [5, 5.41) is 9.81. The molecule has 1 aromatic heterocycles. The van der Waals surface area contributed by atoms with Gasteiger partial charge in [-0.3, -0.25) is 4.79 Å². The summed E-state index contributed by atoms with van der Waals surface area (Å²) in [7, 11) is 0. The molecular weight excluding hydrogens is 263 g/mol. The first-order valence-electron chi connectivity index (χ1n) is 5.34. The third kappa shape index (κ3) is 2.39.